The van der Waals surface area contributed by atoms with Gasteiger partial charge in [0.25, 0.3) is 0 Å². The van der Waals surface area contributed by atoms with E-state index in [9.17, 15) is 24.0 Å². The molecule has 9 heteroatoms. The summed E-state index contributed by atoms with van der Waals surface area (Å²) in [7, 11) is 1.64. The maximum atomic E-state index is 11.0. The second-order valence-electron chi connectivity index (χ2n) is 6.34. The van der Waals surface area contributed by atoms with Crippen molar-refractivity contribution < 1.29 is 24.0 Å². The van der Waals surface area contributed by atoms with Gasteiger partial charge in [0.15, 0.2) is 0 Å². The van der Waals surface area contributed by atoms with E-state index in [2.05, 4.69) is 29.8 Å². The minimum atomic E-state index is -0.538. The van der Waals surface area contributed by atoms with Crippen LogP contribution in [0.25, 0.3) is 0 Å². The van der Waals surface area contributed by atoms with Crippen LogP contribution in [0.3, 0.4) is 0 Å². The molecule has 0 saturated heterocycles. The number of amides is 3. The monoisotopic (exact) mass is 446 g/mol. The maximum absolute atomic E-state index is 11.0. The molecule has 0 aromatic rings. The molecular formula is C22H46N4O5. The maximum Gasteiger partial charge on any atom is 0.236 e. The molecule has 0 aliphatic carbocycles. The minimum absolute atomic E-state index is 0.0753. The predicted molar refractivity (Wildman–Crippen MR) is 126 cm³/mol. The average molecular weight is 447 g/mol. The van der Waals surface area contributed by atoms with Gasteiger partial charge < -0.3 is 31.3 Å². The first-order valence-electron chi connectivity index (χ1n) is 11.1. The Morgan fingerprint density at radius 2 is 1.42 bits per heavy atom. The molecule has 0 atom stereocenters. The Labute approximate surface area is 188 Å². The third kappa shape index (κ3) is 47.1. The molecular weight excluding hydrogens is 400 g/mol. The predicted octanol–water partition coefficient (Wildman–Crippen LogP) is 1.87. The topological polar surface area (TPSA) is 147 Å². The Kier molecular flexibility index (Phi) is 37.7. The highest BCUT2D eigenvalue weighted by Gasteiger charge is 2.00. The number of nitrogens with two attached hydrogens (primary N) is 1. The third-order valence-corrected chi connectivity index (χ3v) is 3.31. The molecule has 0 aromatic heterocycles. The number of carbonyl (C=O) groups is 5. The summed E-state index contributed by atoms with van der Waals surface area (Å²) in [6.07, 6.45) is 7.30. The van der Waals surface area contributed by atoms with Gasteiger partial charge in [0.2, 0.25) is 17.7 Å². The second-order valence-corrected chi connectivity index (χ2v) is 6.34. The zero-order valence-corrected chi connectivity index (χ0v) is 20.5. The number of primary amides is 1. The molecule has 0 rings (SSSR count). The molecule has 0 unspecified atom stereocenters. The number of Topliss-reactive ketones (excluding diaryl/α,β-unsaturated/α-hetero) is 1. The van der Waals surface area contributed by atoms with Crippen molar-refractivity contribution in [1.82, 2.24) is 16.0 Å². The van der Waals surface area contributed by atoms with E-state index in [0.717, 1.165) is 25.5 Å². The van der Waals surface area contributed by atoms with E-state index in [4.69, 9.17) is 5.73 Å². The van der Waals surface area contributed by atoms with Crippen molar-refractivity contribution in [2.45, 2.75) is 86.0 Å². The van der Waals surface area contributed by atoms with Crippen LogP contribution in [0.1, 0.15) is 86.0 Å². The summed E-state index contributed by atoms with van der Waals surface area (Å²) in [6.45, 7) is 10.7. The van der Waals surface area contributed by atoms with Gasteiger partial charge in [-0.15, -0.1) is 0 Å². The zero-order valence-electron chi connectivity index (χ0n) is 20.5. The zero-order chi connectivity index (χ0) is 24.9. The summed E-state index contributed by atoms with van der Waals surface area (Å²) >= 11 is 0. The first-order valence-corrected chi connectivity index (χ1v) is 11.1. The normalized spacial score (nSPS) is 8.71. The van der Waals surface area contributed by atoms with E-state index < -0.39 is 5.91 Å². The molecule has 9 nitrogen and oxygen atoms in total. The summed E-state index contributed by atoms with van der Waals surface area (Å²) in [5.41, 5.74) is 4.76. The number of hydrogen-bond donors (Lipinski definition) is 4. The molecule has 184 valence electrons. The van der Waals surface area contributed by atoms with E-state index in [1.54, 1.807) is 14.0 Å². The highest BCUT2D eigenvalue weighted by Crippen LogP contribution is 1.99. The third-order valence-electron chi connectivity index (χ3n) is 3.31. The molecule has 31 heavy (non-hydrogen) atoms. The molecule has 0 radical (unpaired) electrons. The fraction of sp³-hybridized carbons (Fsp3) is 0.773. The van der Waals surface area contributed by atoms with Crippen molar-refractivity contribution in [3.8, 4) is 0 Å². The molecule has 0 aromatic carbocycles. The SMILES string of the molecule is CC.CC(=O)CCCCCNC(=O)CCC=O.CCCC.CNCC(=O)NCC(N)=O. The van der Waals surface area contributed by atoms with Crippen LogP contribution in [0.4, 0.5) is 0 Å². The van der Waals surface area contributed by atoms with Crippen LogP contribution in [0.2, 0.25) is 0 Å². The second kappa shape index (κ2) is 32.4. The van der Waals surface area contributed by atoms with Crippen LogP contribution in [0.15, 0.2) is 0 Å². The molecule has 5 N–H and O–H groups in total. The fourth-order valence-electron chi connectivity index (χ4n) is 1.59. The van der Waals surface area contributed by atoms with Crippen molar-refractivity contribution in [1.29, 1.82) is 0 Å². The van der Waals surface area contributed by atoms with E-state index >= 15 is 0 Å². The van der Waals surface area contributed by atoms with Gasteiger partial charge in [0.05, 0.1) is 13.1 Å². The summed E-state index contributed by atoms with van der Waals surface area (Å²) in [4.78, 5) is 52.3. The molecule has 0 bridgehead atoms. The Morgan fingerprint density at radius 1 is 0.839 bits per heavy atom. The van der Waals surface area contributed by atoms with Crippen LogP contribution in [0.5, 0.6) is 0 Å². The van der Waals surface area contributed by atoms with E-state index in [1.165, 1.54) is 12.8 Å². The Hall–Kier alpha value is -2.29. The lowest BCUT2D eigenvalue weighted by molar-refractivity contribution is -0.124. The molecule has 0 aliphatic heterocycles. The van der Waals surface area contributed by atoms with Crippen LogP contribution >= 0.6 is 0 Å². The van der Waals surface area contributed by atoms with Crippen LogP contribution in [-0.2, 0) is 24.0 Å². The van der Waals surface area contributed by atoms with Crippen molar-refractivity contribution in [2.75, 3.05) is 26.7 Å². The van der Waals surface area contributed by atoms with Gasteiger partial charge in [0.1, 0.15) is 12.1 Å². The van der Waals surface area contributed by atoms with Gasteiger partial charge in [-0.05, 0) is 26.8 Å². The van der Waals surface area contributed by atoms with Gasteiger partial charge in [0, 0.05) is 25.8 Å². The van der Waals surface area contributed by atoms with Crippen LogP contribution in [-0.4, -0.2) is 56.5 Å². The molecule has 0 aliphatic rings. The fourth-order valence-corrected chi connectivity index (χ4v) is 1.59. The summed E-state index contributed by atoms with van der Waals surface area (Å²) in [5, 5.41) is 7.66. The van der Waals surface area contributed by atoms with Gasteiger partial charge in [-0.3, -0.25) is 14.4 Å². The molecule has 0 fully saturated rings. The highest BCUT2D eigenvalue weighted by atomic mass is 16.2. The average Bonchev–Trinajstić information content (AvgIpc) is 2.75. The number of unbranched alkanes of at least 4 members (excludes halogenated alkanes) is 3. The Morgan fingerprint density at radius 3 is 1.84 bits per heavy atom. The lowest BCUT2D eigenvalue weighted by Crippen LogP contribution is -2.37. The lowest BCUT2D eigenvalue weighted by Gasteiger charge is -2.03. The van der Waals surface area contributed by atoms with Crippen molar-refractivity contribution in [3.05, 3.63) is 0 Å². The molecule has 0 saturated carbocycles. The molecule has 0 heterocycles. The summed E-state index contributed by atoms with van der Waals surface area (Å²) in [5.74, 6) is -0.635. The largest absolute Gasteiger partial charge is 0.368 e. The molecule has 0 spiro atoms. The van der Waals surface area contributed by atoms with E-state index in [1.807, 2.05) is 13.8 Å². The van der Waals surface area contributed by atoms with E-state index in [-0.39, 0.29) is 43.5 Å². The number of aldehydes is 1. The van der Waals surface area contributed by atoms with Gasteiger partial charge in [-0.2, -0.15) is 0 Å². The number of likely N-dealkylation sites (N-methyl/N-ethyl adjacent to an activating group) is 1. The van der Waals surface area contributed by atoms with Crippen molar-refractivity contribution in [2.24, 2.45) is 5.73 Å². The quantitative estimate of drug-likeness (QED) is 0.236. The van der Waals surface area contributed by atoms with Gasteiger partial charge >= 0.3 is 0 Å². The lowest BCUT2D eigenvalue weighted by atomic mass is 10.1. The Bertz CT molecular complexity index is 455. The number of ketones is 1. The first kappa shape index (κ1) is 36.1. The number of hydrogen-bond acceptors (Lipinski definition) is 6. The van der Waals surface area contributed by atoms with Gasteiger partial charge in [-0.25, -0.2) is 0 Å². The van der Waals surface area contributed by atoms with Crippen LogP contribution in [0, 0.1) is 0 Å². The molecule has 3 amide bonds. The standard InChI is InChI=1S/C11H19NO3.C5H11N3O2.C4H10.C2H6/c1-10(14)6-3-2-4-8-12-11(15)7-5-9-13;1-7-3-5(10)8-2-4(6)9;1-3-4-2;1-2/h9H,2-8H2,1H3,(H,12,15);7H,2-3H2,1H3,(H2,6,9)(H,8,10);3-4H2,1-2H3;1-2H3. The minimum Gasteiger partial charge on any atom is -0.368 e. The smallest absolute Gasteiger partial charge is 0.236 e. The number of rotatable bonds is 14. The first-order chi connectivity index (χ1) is 14.7. The Balaban J connectivity index is -0.000000196. The summed E-state index contributed by atoms with van der Waals surface area (Å²) < 4.78 is 0. The van der Waals surface area contributed by atoms with Crippen LogP contribution < -0.4 is 21.7 Å². The highest BCUT2D eigenvalue weighted by molar-refractivity contribution is 5.84. The van der Waals surface area contributed by atoms with Gasteiger partial charge in [-0.1, -0.05) is 47.0 Å². The van der Waals surface area contributed by atoms with E-state index in [0.29, 0.717) is 13.0 Å². The van der Waals surface area contributed by atoms with Crippen molar-refractivity contribution >= 4 is 29.8 Å². The van der Waals surface area contributed by atoms with Crippen molar-refractivity contribution in [3.63, 3.8) is 0 Å². The number of carbonyl (C=O) groups excluding carboxylic acids is 5. The number of nitrogens with one attached hydrogen (secondary N) is 3. The summed E-state index contributed by atoms with van der Waals surface area (Å²) in [6, 6.07) is 0.